The maximum atomic E-state index is 14.4. The number of nitrogens with two attached hydrogens (primary N) is 1. The van der Waals surface area contributed by atoms with Crippen LogP contribution in [0.25, 0.3) is 16.9 Å². The molecule has 3 aromatic carbocycles. The van der Waals surface area contributed by atoms with E-state index in [1.54, 1.807) is 4.90 Å². The number of carbonyl (C=O) groups excluding carboxylic acids is 2. The topological polar surface area (TPSA) is 80.8 Å². The number of anilines is 1. The largest absolute Gasteiger partial charge is 0.444 e. The smallest absolute Gasteiger partial charge is 0.410 e. The summed E-state index contributed by atoms with van der Waals surface area (Å²) in [5.41, 5.74) is 10.6. The van der Waals surface area contributed by atoms with Crippen LogP contribution in [-0.4, -0.2) is 57.6 Å². The van der Waals surface area contributed by atoms with Gasteiger partial charge in [-0.1, -0.05) is 72.8 Å². The third kappa shape index (κ3) is 5.88. The lowest BCUT2D eigenvalue weighted by Gasteiger charge is -2.42. The van der Waals surface area contributed by atoms with Crippen molar-refractivity contribution >= 4 is 17.7 Å². The summed E-state index contributed by atoms with van der Waals surface area (Å²) in [6.45, 7) is 6.79. The summed E-state index contributed by atoms with van der Waals surface area (Å²) < 4.78 is 7.65. The highest BCUT2D eigenvalue weighted by Gasteiger charge is 2.36. The fourth-order valence-electron chi connectivity index (χ4n) is 5.23. The van der Waals surface area contributed by atoms with E-state index in [-0.39, 0.29) is 18.0 Å². The van der Waals surface area contributed by atoms with Gasteiger partial charge >= 0.3 is 6.09 Å². The zero-order valence-corrected chi connectivity index (χ0v) is 23.3. The number of amides is 2. The molecule has 7 nitrogen and oxygen atoms in total. The summed E-state index contributed by atoms with van der Waals surface area (Å²) in [7, 11) is 0. The minimum atomic E-state index is -0.592. The van der Waals surface area contributed by atoms with Crippen LogP contribution in [-0.2, 0) is 11.2 Å². The van der Waals surface area contributed by atoms with Gasteiger partial charge < -0.3 is 24.8 Å². The number of aromatic nitrogens is 1. The van der Waals surface area contributed by atoms with Crippen molar-refractivity contribution in [2.45, 2.75) is 38.8 Å². The lowest BCUT2D eigenvalue weighted by molar-refractivity contribution is 0.00440. The van der Waals surface area contributed by atoms with Gasteiger partial charge in [0, 0.05) is 25.8 Å². The summed E-state index contributed by atoms with van der Waals surface area (Å²) in [4.78, 5) is 31.0. The van der Waals surface area contributed by atoms with Crippen LogP contribution in [0.15, 0.2) is 97.2 Å². The lowest BCUT2D eigenvalue weighted by Crippen LogP contribution is -2.57. The van der Waals surface area contributed by atoms with Crippen LogP contribution >= 0.6 is 0 Å². The van der Waals surface area contributed by atoms with Crippen molar-refractivity contribution < 1.29 is 14.3 Å². The van der Waals surface area contributed by atoms with Crippen molar-refractivity contribution in [2.24, 2.45) is 0 Å². The van der Waals surface area contributed by atoms with Gasteiger partial charge in [-0.05, 0) is 56.5 Å². The fourth-order valence-corrected chi connectivity index (χ4v) is 5.23. The number of hydrogen-bond donors (Lipinski definition) is 1. The van der Waals surface area contributed by atoms with Crippen LogP contribution in [0.4, 0.5) is 10.5 Å². The van der Waals surface area contributed by atoms with E-state index in [1.807, 2.05) is 115 Å². The first kappa shape index (κ1) is 27.1. The number of piperazine rings is 1. The van der Waals surface area contributed by atoms with Gasteiger partial charge in [0.05, 0.1) is 28.7 Å². The van der Waals surface area contributed by atoms with E-state index < -0.39 is 5.60 Å². The molecule has 0 unspecified atom stereocenters. The zero-order valence-electron chi connectivity index (χ0n) is 23.3. The average Bonchev–Trinajstić information content (AvgIpc) is 3.38. The number of para-hydroxylation sites is 2. The van der Waals surface area contributed by atoms with Crippen molar-refractivity contribution in [1.29, 1.82) is 0 Å². The molecule has 206 valence electrons. The predicted octanol–water partition coefficient (Wildman–Crippen LogP) is 6.03. The molecule has 1 aromatic heterocycles. The summed E-state index contributed by atoms with van der Waals surface area (Å²) >= 11 is 0. The van der Waals surface area contributed by atoms with E-state index in [0.717, 1.165) is 22.5 Å². The normalized spacial score (nSPS) is 15.6. The van der Waals surface area contributed by atoms with Crippen LogP contribution in [0.5, 0.6) is 0 Å². The Bertz CT molecular complexity index is 1470. The number of carbonyl (C=O) groups is 2. The molecule has 1 aliphatic rings. The van der Waals surface area contributed by atoms with Crippen LogP contribution in [0.1, 0.15) is 36.7 Å². The third-order valence-electron chi connectivity index (χ3n) is 7.07. The fraction of sp³-hybridized carbons (Fsp3) is 0.273. The highest BCUT2D eigenvalue weighted by Crippen LogP contribution is 2.32. The summed E-state index contributed by atoms with van der Waals surface area (Å²) in [6, 6.07) is 29.3. The van der Waals surface area contributed by atoms with Crippen LogP contribution < -0.4 is 5.73 Å². The second-order valence-corrected chi connectivity index (χ2v) is 11.1. The maximum Gasteiger partial charge on any atom is 0.410 e. The quantitative estimate of drug-likeness (QED) is 0.316. The number of nitrogens with zero attached hydrogens (tertiary/aromatic N) is 3. The minimum Gasteiger partial charge on any atom is -0.444 e. The molecule has 2 amide bonds. The van der Waals surface area contributed by atoms with Crippen LogP contribution in [0.3, 0.4) is 0 Å². The van der Waals surface area contributed by atoms with Crippen LogP contribution in [0.2, 0.25) is 0 Å². The van der Waals surface area contributed by atoms with Gasteiger partial charge in [-0.3, -0.25) is 4.79 Å². The number of ether oxygens (including phenoxy) is 1. The Kier molecular flexibility index (Phi) is 7.65. The molecule has 0 aliphatic carbocycles. The molecular formula is C33H36N4O3. The Labute approximate surface area is 235 Å². The van der Waals surface area contributed by atoms with Gasteiger partial charge in [0.15, 0.2) is 0 Å². The molecule has 2 N–H and O–H groups in total. The summed E-state index contributed by atoms with van der Waals surface area (Å²) in [5.74, 6) is -0.0723. The minimum absolute atomic E-state index is 0.0723. The molecule has 40 heavy (non-hydrogen) atoms. The van der Waals surface area contributed by atoms with Gasteiger partial charge in [0.2, 0.25) is 0 Å². The molecular weight excluding hydrogens is 500 g/mol. The van der Waals surface area contributed by atoms with E-state index in [4.69, 9.17) is 10.5 Å². The highest BCUT2D eigenvalue weighted by atomic mass is 16.6. The third-order valence-corrected chi connectivity index (χ3v) is 7.07. The van der Waals surface area contributed by atoms with E-state index in [0.29, 0.717) is 37.3 Å². The first-order chi connectivity index (χ1) is 19.2. The average molecular weight is 537 g/mol. The molecule has 0 bridgehead atoms. The van der Waals surface area contributed by atoms with E-state index in [9.17, 15) is 9.59 Å². The SMILES string of the molecule is CC(C)(C)OC(=O)N1CCN(C(=O)c2ccn(-c3ccccc3N)c2-c2ccccc2)[C@H](Cc2ccccc2)C1. The van der Waals surface area contributed by atoms with E-state index >= 15 is 0 Å². The first-order valence-electron chi connectivity index (χ1n) is 13.7. The van der Waals surface area contributed by atoms with Gasteiger partial charge in [-0.25, -0.2) is 4.79 Å². The van der Waals surface area contributed by atoms with Gasteiger partial charge in [0.25, 0.3) is 5.91 Å². The van der Waals surface area contributed by atoms with Crippen molar-refractivity contribution in [3.05, 3.63) is 108 Å². The molecule has 5 rings (SSSR count). The number of hydrogen-bond acceptors (Lipinski definition) is 4. The zero-order chi connectivity index (χ0) is 28.3. The summed E-state index contributed by atoms with van der Waals surface area (Å²) in [6.07, 6.45) is 2.18. The monoisotopic (exact) mass is 536 g/mol. The molecule has 1 fully saturated rings. The standard InChI is InChI=1S/C33H36N4O3/c1-33(2,3)40-32(39)35-20-21-36(26(23-35)22-24-12-6-4-7-13-24)31(38)27-18-19-37(29-17-11-10-16-28(29)34)30(27)25-14-8-5-9-15-25/h4-19,26H,20-23,34H2,1-3H3/t26-/m1/s1. The molecule has 2 heterocycles. The van der Waals surface area contributed by atoms with Crippen molar-refractivity contribution in [3.8, 4) is 16.9 Å². The van der Waals surface area contributed by atoms with Gasteiger partial charge in [-0.15, -0.1) is 0 Å². The maximum absolute atomic E-state index is 14.4. The molecule has 0 radical (unpaired) electrons. The van der Waals surface area contributed by atoms with Gasteiger partial charge in [-0.2, -0.15) is 0 Å². The molecule has 0 saturated carbocycles. The molecule has 4 aromatic rings. The van der Waals surface area contributed by atoms with Gasteiger partial charge in [0.1, 0.15) is 5.60 Å². The number of rotatable bonds is 5. The van der Waals surface area contributed by atoms with E-state index in [1.165, 1.54) is 0 Å². The van der Waals surface area contributed by atoms with Crippen LogP contribution in [0, 0.1) is 0 Å². The second-order valence-electron chi connectivity index (χ2n) is 11.1. The molecule has 1 atom stereocenters. The molecule has 0 spiro atoms. The first-order valence-corrected chi connectivity index (χ1v) is 13.7. The molecule has 1 saturated heterocycles. The highest BCUT2D eigenvalue weighted by molar-refractivity contribution is 6.01. The Balaban J connectivity index is 1.52. The van der Waals surface area contributed by atoms with Crippen molar-refractivity contribution in [1.82, 2.24) is 14.4 Å². The molecule has 1 aliphatic heterocycles. The second kappa shape index (κ2) is 11.3. The summed E-state index contributed by atoms with van der Waals surface area (Å²) in [5, 5.41) is 0. The van der Waals surface area contributed by atoms with Crippen molar-refractivity contribution in [2.75, 3.05) is 25.4 Å². The Hall–Kier alpha value is -4.52. The lowest BCUT2D eigenvalue weighted by atomic mass is 10.00. The predicted molar refractivity (Wildman–Crippen MR) is 158 cm³/mol. The Morgan fingerprint density at radius 1 is 0.875 bits per heavy atom. The Morgan fingerprint density at radius 2 is 1.52 bits per heavy atom. The van der Waals surface area contributed by atoms with E-state index in [2.05, 4.69) is 12.1 Å². The Morgan fingerprint density at radius 3 is 2.20 bits per heavy atom. The number of benzene rings is 3. The number of nitrogen functional groups attached to an aromatic ring is 1. The van der Waals surface area contributed by atoms with Crippen molar-refractivity contribution in [3.63, 3.8) is 0 Å². The molecule has 7 heteroatoms.